The average Bonchev–Trinajstić information content (AvgIpc) is 2.03. The summed E-state index contributed by atoms with van der Waals surface area (Å²) < 4.78 is 30.7. The van der Waals surface area contributed by atoms with Gasteiger partial charge in [-0.2, -0.15) is 8.42 Å². The molecule has 1 rings (SSSR count). The van der Waals surface area contributed by atoms with E-state index in [0.29, 0.717) is 5.56 Å². The Balaban J connectivity index is 3.37. The summed E-state index contributed by atoms with van der Waals surface area (Å²) in [6, 6.07) is 6.46. The first kappa shape index (κ1) is 10.2. The number of benzene rings is 1. The third-order valence-electron chi connectivity index (χ3n) is 1.82. The summed E-state index contributed by atoms with van der Waals surface area (Å²) in [6.45, 7) is 3.76. The summed E-state index contributed by atoms with van der Waals surface area (Å²) in [5.41, 5.74) is 0.644. The zero-order chi connectivity index (χ0) is 10.1. The van der Waals surface area contributed by atoms with E-state index in [2.05, 4.69) is 0 Å². The van der Waals surface area contributed by atoms with Crippen molar-refractivity contribution >= 4 is 10.1 Å². The van der Waals surface area contributed by atoms with Crippen LogP contribution in [0.15, 0.2) is 29.2 Å². The van der Waals surface area contributed by atoms with Crippen LogP contribution in [0.3, 0.4) is 0 Å². The van der Waals surface area contributed by atoms with Gasteiger partial charge in [-0.05, 0) is 17.5 Å². The quantitative estimate of drug-likeness (QED) is 0.743. The Kier molecular flexibility index (Phi) is 2.73. The van der Waals surface area contributed by atoms with Gasteiger partial charge < -0.3 is 0 Å². The minimum absolute atomic E-state index is 0.00463. The van der Waals surface area contributed by atoms with Crippen molar-refractivity contribution in [3.8, 4) is 0 Å². The Morgan fingerprint density at radius 1 is 1.23 bits per heavy atom. The van der Waals surface area contributed by atoms with Gasteiger partial charge in [0.2, 0.25) is 0 Å². The lowest BCUT2D eigenvalue weighted by Crippen LogP contribution is -2.03. The molecular formula is C9H12O3S. The lowest BCUT2D eigenvalue weighted by molar-refractivity contribution is 0.481. The number of hydrogen-bond donors (Lipinski definition) is 1. The van der Waals surface area contributed by atoms with Crippen molar-refractivity contribution in [2.24, 2.45) is 0 Å². The van der Waals surface area contributed by atoms with Gasteiger partial charge in [0.1, 0.15) is 0 Å². The van der Waals surface area contributed by atoms with Crippen molar-refractivity contribution in [3.63, 3.8) is 0 Å². The van der Waals surface area contributed by atoms with Gasteiger partial charge in [-0.15, -0.1) is 0 Å². The molecule has 0 aliphatic heterocycles. The minimum Gasteiger partial charge on any atom is -0.282 e. The van der Waals surface area contributed by atoms with Crippen LogP contribution >= 0.6 is 0 Å². The first-order valence-corrected chi connectivity index (χ1v) is 5.43. The molecule has 0 unspecified atom stereocenters. The van der Waals surface area contributed by atoms with Crippen molar-refractivity contribution in [2.45, 2.75) is 24.7 Å². The van der Waals surface area contributed by atoms with Crippen molar-refractivity contribution in [2.75, 3.05) is 0 Å². The molecule has 3 nitrogen and oxygen atoms in total. The van der Waals surface area contributed by atoms with Gasteiger partial charge in [-0.3, -0.25) is 4.55 Å². The Hall–Kier alpha value is -0.870. The second kappa shape index (κ2) is 3.47. The van der Waals surface area contributed by atoms with Crippen molar-refractivity contribution < 1.29 is 13.0 Å². The highest BCUT2D eigenvalue weighted by Gasteiger charge is 2.15. The highest BCUT2D eigenvalue weighted by Crippen LogP contribution is 2.22. The zero-order valence-electron chi connectivity index (χ0n) is 7.56. The molecule has 1 aromatic rings. The molecule has 0 bridgehead atoms. The molecule has 72 valence electrons. The van der Waals surface area contributed by atoms with Crippen LogP contribution in [0.2, 0.25) is 0 Å². The fraction of sp³-hybridized carbons (Fsp3) is 0.333. The van der Waals surface area contributed by atoms with Crippen molar-refractivity contribution in [3.05, 3.63) is 29.8 Å². The van der Waals surface area contributed by atoms with E-state index in [1.165, 1.54) is 6.07 Å². The Labute approximate surface area is 78.2 Å². The molecule has 13 heavy (non-hydrogen) atoms. The summed E-state index contributed by atoms with van der Waals surface area (Å²) in [4.78, 5) is 0.00463. The first-order valence-electron chi connectivity index (χ1n) is 3.99. The lowest BCUT2D eigenvalue weighted by Gasteiger charge is -2.09. The van der Waals surface area contributed by atoms with Gasteiger partial charge in [0.25, 0.3) is 10.1 Å². The van der Waals surface area contributed by atoms with E-state index in [1.807, 2.05) is 13.8 Å². The molecular weight excluding hydrogens is 188 g/mol. The second-order valence-electron chi connectivity index (χ2n) is 3.17. The van der Waals surface area contributed by atoms with Crippen LogP contribution < -0.4 is 0 Å². The second-order valence-corrected chi connectivity index (χ2v) is 4.56. The van der Waals surface area contributed by atoms with Crippen molar-refractivity contribution in [1.29, 1.82) is 0 Å². The van der Waals surface area contributed by atoms with E-state index < -0.39 is 10.1 Å². The monoisotopic (exact) mass is 200 g/mol. The number of hydrogen-bond acceptors (Lipinski definition) is 2. The van der Waals surface area contributed by atoms with Gasteiger partial charge >= 0.3 is 0 Å². The summed E-state index contributed by atoms with van der Waals surface area (Å²) in [5.74, 6) is 0.0816. The molecule has 0 radical (unpaired) electrons. The van der Waals surface area contributed by atoms with E-state index in [4.69, 9.17) is 4.55 Å². The van der Waals surface area contributed by atoms with E-state index in [-0.39, 0.29) is 10.8 Å². The van der Waals surface area contributed by atoms with Gasteiger partial charge in [0.05, 0.1) is 4.90 Å². The molecule has 0 spiro atoms. The van der Waals surface area contributed by atoms with Gasteiger partial charge in [0, 0.05) is 0 Å². The van der Waals surface area contributed by atoms with Gasteiger partial charge in [-0.1, -0.05) is 32.0 Å². The lowest BCUT2D eigenvalue weighted by atomic mass is 10.0. The molecule has 4 heteroatoms. The Bertz CT molecular complexity index is 393. The molecule has 0 fully saturated rings. The molecule has 0 aromatic heterocycles. The molecule has 0 heterocycles. The van der Waals surface area contributed by atoms with Gasteiger partial charge in [-0.25, -0.2) is 0 Å². The zero-order valence-corrected chi connectivity index (χ0v) is 8.38. The van der Waals surface area contributed by atoms with Crippen LogP contribution in [0.4, 0.5) is 0 Å². The summed E-state index contributed by atoms with van der Waals surface area (Å²) in [5, 5.41) is 0. The summed E-state index contributed by atoms with van der Waals surface area (Å²) in [7, 11) is -4.08. The van der Waals surface area contributed by atoms with Crippen LogP contribution in [-0.2, 0) is 10.1 Å². The SMILES string of the molecule is CC(C)c1ccccc1S(=O)(=O)O. The Morgan fingerprint density at radius 2 is 1.77 bits per heavy atom. The third-order valence-corrected chi connectivity index (χ3v) is 2.75. The topological polar surface area (TPSA) is 54.4 Å². The molecule has 0 amide bonds. The first-order chi connectivity index (χ1) is 5.93. The molecule has 0 atom stereocenters. The van der Waals surface area contributed by atoms with Crippen LogP contribution in [-0.4, -0.2) is 13.0 Å². The predicted molar refractivity (Wildman–Crippen MR) is 50.3 cm³/mol. The molecule has 0 saturated heterocycles. The normalized spacial score (nSPS) is 12.0. The summed E-state index contributed by atoms with van der Waals surface area (Å²) in [6.07, 6.45) is 0. The fourth-order valence-corrected chi connectivity index (χ4v) is 2.04. The van der Waals surface area contributed by atoms with E-state index in [1.54, 1.807) is 18.2 Å². The van der Waals surface area contributed by atoms with Crippen molar-refractivity contribution in [1.82, 2.24) is 0 Å². The molecule has 0 aliphatic carbocycles. The van der Waals surface area contributed by atoms with Gasteiger partial charge in [0.15, 0.2) is 0 Å². The smallest absolute Gasteiger partial charge is 0.282 e. The maximum atomic E-state index is 10.9. The van der Waals surface area contributed by atoms with Crippen LogP contribution in [0, 0.1) is 0 Å². The average molecular weight is 200 g/mol. The maximum absolute atomic E-state index is 10.9. The van der Waals surface area contributed by atoms with E-state index in [9.17, 15) is 8.42 Å². The molecule has 0 aliphatic rings. The largest absolute Gasteiger partial charge is 0.294 e. The van der Waals surface area contributed by atoms with E-state index >= 15 is 0 Å². The number of rotatable bonds is 2. The standard InChI is InChI=1S/C9H12O3S/c1-7(2)8-5-3-4-6-9(8)13(10,11)12/h3-7H,1-2H3,(H,10,11,12). The Morgan fingerprint density at radius 3 is 2.15 bits per heavy atom. The highest BCUT2D eigenvalue weighted by molar-refractivity contribution is 7.85. The van der Waals surface area contributed by atoms with E-state index in [0.717, 1.165) is 0 Å². The molecule has 1 aromatic carbocycles. The highest BCUT2D eigenvalue weighted by atomic mass is 32.2. The molecule has 0 saturated carbocycles. The van der Waals surface area contributed by atoms with Crippen LogP contribution in [0.5, 0.6) is 0 Å². The van der Waals surface area contributed by atoms with Crippen LogP contribution in [0.25, 0.3) is 0 Å². The minimum atomic E-state index is -4.08. The van der Waals surface area contributed by atoms with Crippen LogP contribution in [0.1, 0.15) is 25.3 Å². The third kappa shape index (κ3) is 2.29. The fourth-order valence-electron chi connectivity index (χ4n) is 1.19. The molecule has 1 N–H and O–H groups in total. The maximum Gasteiger partial charge on any atom is 0.294 e. The predicted octanol–water partition coefficient (Wildman–Crippen LogP) is 2.06. The summed E-state index contributed by atoms with van der Waals surface area (Å²) >= 11 is 0.